The van der Waals surface area contributed by atoms with Crippen LogP contribution in [0.4, 0.5) is 4.39 Å². The van der Waals surface area contributed by atoms with Crippen molar-refractivity contribution in [3.63, 3.8) is 0 Å². The topological polar surface area (TPSA) is 12.9 Å². The first-order chi connectivity index (χ1) is 7.31. The molecule has 0 aliphatic carbocycles. The van der Waals surface area contributed by atoms with Crippen molar-refractivity contribution in [1.29, 1.82) is 0 Å². The Hall–Kier alpha value is -1.70. The molecule has 0 aliphatic rings. The number of fused-ring (bicyclic) bond motifs is 1. The SMILES string of the molecule is CC/C=C/c1cc(F)c2ncccc2c1. The van der Waals surface area contributed by atoms with Crippen LogP contribution in [0.5, 0.6) is 0 Å². The van der Waals surface area contributed by atoms with E-state index in [2.05, 4.69) is 11.9 Å². The van der Waals surface area contributed by atoms with Crippen molar-refractivity contribution < 1.29 is 4.39 Å². The van der Waals surface area contributed by atoms with E-state index in [4.69, 9.17) is 0 Å². The molecule has 0 bridgehead atoms. The predicted molar refractivity (Wildman–Crippen MR) is 61.0 cm³/mol. The third-order valence-electron chi connectivity index (χ3n) is 2.23. The van der Waals surface area contributed by atoms with Crippen molar-refractivity contribution in [2.24, 2.45) is 0 Å². The second-order valence-electron chi connectivity index (χ2n) is 3.39. The summed E-state index contributed by atoms with van der Waals surface area (Å²) in [5, 5.41) is 0.841. The van der Waals surface area contributed by atoms with Gasteiger partial charge in [0.1, 0.15) is 11.3 Å². The molecule has 1 heterocycles. The number of halogens is 1. The molecule has 0 spiro atoms. The molecular formula is C13H12FN. The Kier molecular flexibility index (Phi) is 2.77. The number of hydrogen-bond acceptors (Lipinski definition) is 1. The molecule has 1 aromatic heterocycles. The molecule has 2 aromatic rings. The Morgan fingerprint density at radius 1 is 1.40 bits per heavy atom. The van der Waals surface area contributed by atoms with Crippen LogP contribution < -0.4 is 0 Å². The lowest BCUT2D eigenvalue weighted by Gasteiger charge is -2.00. The number of nitrogens with zero attached hydrogens (tertiary/aromatic N) is 1. The van der Waals surface area contributed by atoms with Crippen LogP contribution in [-0.4, -0.2) is 4.98 Å². The standard InChI is InChI=1S/C13H12FN/c1-2-3-5-10-8-11-6-4-7-15-13(11)12(14)9-10/h3-9H,2H2,1H3/b5-3+. The van der Waals surface area contributed by atoms with E-state index in [9.17, 15) is 4.39 Å². The van der Waals surface area contributed by atoms with Crippen LogP contribution in [0, 0.1) is 5.82 Å². The number of rotatable bonds is 2. The molecule has 0 radical (unpaired) electrons. The first-order valence-corrected chi connectivity index (χ1v) is 5.02. The molecule has 0 atom stereocenters. The summed E-state index contributed by atoms with van der Waals surface area (Å²) >= 11 is 0. The third kappa shape index (κ3) is 2.04. The molecule has 0 amide bonds. The van der Waals surface area contributed by atoms with Gasteiger partial charge in [-0.3, -0.25) is 4.98 Å². The van der Waals surface area contributed by atoms with Crippen LogP contribution in [0.15, 0.2) is 36.5 Å². The number of pyridine rings is 1. The summed E-state index contributed by atoms with van der Waals surface area (Å²) in [5.74, 6) is -0.260. The van der Waals surface area contributed by atoms with Crippen molar-refractivity contribution >= 4 is 17.0 Å². The fourth-order valence-corrected chi connectivity index (χ4v) is 1.52. The molecule has 0 aliphatic heterocycles. The summed E-state index contributed by atoms with van der Waals surface area (Å²) in [6.07, 6.45) is 6.49. The lowest BCUT2D eigenvalue weighted by atomic mass is 10.1. The lowest BCUT2D eigenvalue weighted by Crippen LogP contribution is -1.85. The fraction of sp³-hybridized carbons (Fsp3) is 0.154. The van der Waals surface area contributed by atoms with Crippen LogP contribution in [0.2, 0.25) is 0 Å². The monoisotopic (exact) mass is 201 g/mol. The van der Waals surface area contributed by atoms with E-state index < -0.39 is 0 Å². The van der Waals surface area contributed by atoms with Crippen LogP contribution >= 0.6 is 0 Å². The molecule has 1 aromatic carbocycles. The van der Waals surface area contributed by atoms with E-state index in [0.717, 1.165) is 17.4 Å². The van der Waals surface area contributed by atoms with Crippen LogP contribution in [0.25, 0.3) is 17.0 Å². The van der Waals surface area contributed by atoms with Gasteiger partial charge in [-0.25, -0.2) is 4.39 Å². The van der Waals surface area contributed by atoms with E-state index in [1.807, 2.05) is 30.4 Å². The third-order valence-corrected chi connectivity index (χ3v) is 2.23. The van der Waals surface area contributed by atoms with Crippen LogP contribution in [0.1, 0.15) is 18.9 Å². The molecule has 0 N–H and O–H groups in total. The average Bonchev–Trinajstić information content (AvgIpc) is 2.26. The zero-order valence-electron chi connectivity index (χ0n) is 8.57. The molecule has 0 unspecified atom stereocenters. The van der Waals surface area contributed by atoms with Gasteiger partial charge in [0, 0.05) is 11.6 Å². The van der Waals surface area contributed by atoms with Crippen molar-refractivity contribution in [1.82, 2.24) is 4.98 Å². The summed E-state index contributed by atoms with van der Waals surface area (Å²) in [4.78, 5) is 4.00. The van der Waals surface area contributed by atoms with E-state index in [-0.39, 0.29) is 5.82 Å². The Labute approximate surface area is 88.3 Å². The highest BCUT2D eigenvalue weighted by molar-refractivity contribution is 5.81. The molecule has 15 heavy (non-hydrogen) atoms. The Morgan fingerprint density at radius 2 is 2.27 bits per heavy atom. The average molecular weight is 201 g/mol. The Morgan fingerprint density at radius 3 is 3.07 bits per heavy atom. The maximum atomic E-state index is 13.6. The van der Waals surface area contributed by atoms with Gasteiger partial charge < -0.3 is 0 Å². The van der Waals surface area contributed by atoms with Gasteiger partial charge in [0.15, 0.2) is 0 Å². The molecule has 0 saturated carbocycles. The molecular weight excluding hydrogens is 189 g/mol. The number of hydrogen-bond donors (Lipinski definition) is 0. The minimum Gasteiger partial charge on any atom is -0.253 e. The second-order valence-corrected chi connectivity index (χ2v) is 3.39. The normalized spacial score (nSPS) is 11.3. The van der Waals surface area contributed by atoms with Crippen LogP contribution in [0.3, 0.4) is 0 Å². The van der Waals surface area contributed by atoms with Gasteiger partial charge in [0.2, 0.25) is 0 Å². The van der Waals surface area contributed by atoms with E-state index >= 15 is 0 Å². The zero-order valence-corrected chi connectivity index (χ0v) is 8.57. The van der Waals surface area contributed by atoms with Gasteiger partial charge in [-0.05, 0) is 30.2 Å². The van der Waals surface area contributed by atoms with Gasteiger partial charge in [-0.2, -0.15) is 0 Å². The Balaban J connectivity index is 2.57. The molecule has 76 valence electrons. The summed E-state index contributed by atoms with van der Waals surface area (Å²) in [7, 11) is 0. The summed E-state index contributed by atoms with van der Waals surface area (Å²) in [6.45, 7) is 2.05. The minimum absolute atomic E-state index is 0.260. The van der Waals surface area contributed by atoms with Crippen molar-refractivity contribution in [2.75, 3.05) is 0 Å². The summed E-state index contributed by atoms with van der Waals surface area (Å²) < 4.78 is 13.6. The van der Waals surface area contributed by atoms with Gasteiger partial charge in [-0.15, -0.1) is 0 Å². The van der Waals surface area contributed by atoms with Crippen LogP contribution in [-0.2, 0) is 0 Å². The Bertz CT molecular complexity index is 503. The molecule has 2 rings (SSSR count). The van der Waals surface area contributed by atoms with Crippen molar-refractivity contribution in [2.45, 2.75) is 13.3 Å². The smallest absolute Gasteiger partial charge is 0.150 e. The van der Waals surface area contributed by atoms with E-state index in [1.54, 1.807) is 6.20 Å². The molecule has 0 fully saturated rings. The molecule has 1 nitrogen and oxygen atoms in total. The van der Waals surface area contributed by atoms with Crippen molar-refractivity contribution in [3.8, 4) is 0 Å². The fourth-order valence-electron chi connectivity index (χ4n) is 1.52. The number of aromatic nitrogens is 1. The number of allylic oxidation sites excluding steroid dienone is 1. The summed E-state index contributed by atoms with van der Waals surface area (Å²) in [6, 6.07) is 7.14. The predicted octanol–water partition coefficient (Wildman–Crippen LogP) is 3.80. The first kappa shape index (κ1) is 9.84. The number of benzene rings is 1. The van der Waals surface area contributed by atoms with E-state index in [1.165, 1.54) is 6.07 Å². The largest absolute Gasteiger partial charge is 0.253 e. The second kappa shape index (κ2) is 4.22. The molecule has 0 saturated heterocycles. The highest BCUT2D eigenvalue weighted by Crippen LogP contribution is 2.18. The lowest BCUT2D eigenvalue weighted by molar-refractivity contribution is 0.636. The van der Waals surface area contributed by atoms with Gasteiger partial charge in [-0.1, -0.05) is 25.1 Å². The highest BCUT2D eigenvalue weighted by Gasteiger charge is 2.02. The van der Waals surface area contributed by atoms with Gasteiger partial charge in [0.25, 0.3) is 0 Å². The first-order valence-electron chi connectivity index (χ1n) is 5.02. The van der Waals surface area contributed by atoms with E-state index in [0.29, 0.717) is 5.52 Å². The zero-order chi connectivity index (χ0) is 10.7. The molecule has 2 heteroatoms. The quantitative estimate of drug-likeness (QED) is 0.720. The minimum atomic E-state index is -0.260. The summed E-state index contributed by atoms with van der Waals surface area (Å²) in [5.41, 5.74) is 1.32. The maximum Gasteiger partial charge on any atom is 0.150 e. The highest BCUT2D eigenvalue weighted by atomic mass is 19.1. The van der Waals surface area contributed by atoms with Gasteiger partial charge in [0.05, 0.1) is 0 Å². The maximum absolute atomic E-state index is 13.6. The van der Waals surface area contributed by atoms with Crippen molar-refractivity contribution in [3.05, 3.63) is 47.9 Å². The van der Waals surface area contributed by atoms with Gasteiger partial charge >= 0.3 is 0 Å².